The second-order valence-corrected chi connectivity index (χ2v) is 9.55. The van der Waals surface area contributed by atoms with Gasteiger partial charge in [0.1, 0.15) is 11.2 Å². The number of hydrogen-bond acceptors (Lipinski definition) is 6. The third kappa shape index (κ3) is 5.41. The number of H-pyrrole nitrogens is 2. The Bertz CT molecular complexity index is 1930. The van der Waals surface area contributed by atoms with E-state index < -0.39 is 0 Å². The molecule has 0 aliphatic carbocycles. The van der Waals surface area contributed by atoms with Crippen molar-refractivity contribution in [3.63, 3.8) is 0 Å². The Morgan fingerprint density at radius 3 is 2.71 bits per heavy atom. The summed E-state index contributed by atoms with van der Waals surface area (Å²) in [5.41, 5.74) is 8.39. The van der Waals surface area contributed by atoms with Crippen molar-refractivity contribution in [3.05, 3.63) is 115 Å². The molecule has 0 saturated carbocycles. The number of rotatable bonds is 8. The van der Waals surface area contributed by atoms with Crippen LogP contribution in [0.25, 0.3) is 50.2 Å². The molecule has 0 fully saturated rings. The molecule has 0 spiro atoms. The monoisotopic (exact) mass is 538 g/mol. The molecule has 6 rings (SSSR count). The van der Waals surface area contributed by atoms with Crippen molar-refractivity contribution in [3.8, 4) is 22.6 Å². The second kappa shape index (κ2) is 11.2. The SMILES string of the molecule is C=N/C=C(\C=C(/C)c1ccc2[nH]nc(-c3nc4c(-c5cccnc5)cncc4[nH]3)c2c1)NC(=O)Cc1ccccc1. The number of carbonyl (C=O) groups excluding carboxylic acids is 1. The third-order valence-electron chi connectivity index (χ3n) is 6.70. The quantitative estimate of drug-likeness (QED) is 0.165. The number of imidazole rings is 1. The molecule has 200 valence electrons. The van der Waals surface area contributed by atoms with Crippen LogP contribution >= 0.6 is 0 Å². The second-order valence-electron chi connectivity index (χ2n) is 9.55. The van der Waals surface area contributed by atoms with E-state index in [1.807, 2.05) is 67.6 Å². The minimum Gasteiger partial charge on any atom is -0.335 e. The van der Waals surface area contributed by atoms with E-state index in [2.05, 4.69) is 48.2 Å². The molecule has 1 amide bonds. The van der Waals surface area contributed by atoms with Crippen molar-refractivity contribution in [2.24, 2.45) is 4.99 Å². The summed E-state index contributed by atoms with van der Waals surface area (Å²) in [6.45, 7) is 5.54. The van der Waals surface area contributed by atoms with Crippen molar-refractivity contribution in [2.75, 3.05) is 0 Å². The molecule has 41 heavy (non-hydrogen) atoms. The van der Waals surface area contributed by atoms with E-state index >= 15 is 0 Å². The number of fused-ring (bicyclic) bond motifs is 2. The molecule has 0 aliphatic heterocycles. The predicted octanol–water partition coefficient (Wildman–Crippen LogP) is 5.87. The van der Waals surface area contributed by atoms with Gasteiger partial charge in [0, 0.05) is 41.3 Å². The van der Waals surface area contributed by atoms with Crippen LogP contribution in [0.5, 0.6) is 0 Å². The minimum absolute atomic E-state index is 0.132. The van der Waals surface area contributed by atoms with E-state index in [1.165, 1.54) is 6.20 Å². The molecule has 6 aromatic rings. The fraction of sp³-hybridized carbons (Fsp3) is 0.0625. The summed E-state index contributed by atoms with van der Waals surface area (Å²) in [5, 5.41) is 11.5. The fourth-order valence-electron chi connectivity index (χ4n) is 4.73. The molecule has 0 radical (unpaired) electrons. The highest BCUT2D eigenvalue weighted by atomic mass is 16.1. The van der Waals surface area contributed by atoms with E-state index in [0.29, 0.717) is 17.2 Å². The van der Waals surface area contributed by atoms with Gasteiger partial charge in [-0.2, -0.15) is 5.10 Å². The van der Waals surface area contributed by atoms with Crippen LogP contribution in [0.4, 0.5) is 0 Å². The number of hydrogen-bond donors (Lipinski definition) is 3. The summed E-state index contributed by atoms with van der Waals surface area (Å²) in [7, 11) is 0. The first-order chi connectivity index (χ1) is 20.1. The van der Waals surface area contributed by atoms with Crippen LogP contribution in [0.3, 0.4) is 0 Å². The van der Waals surface area contributed by atoms with Gasteiger partial charge in [-0.15, -0.1) is 0 Å². The smallest absolute Gasteiger partial charge is 0.228 e. The van der Waals surface area contributed by atoms with Gasteiger partial charge in [-0.1, -0.05) is 42.5 Å². The van der Waals surface area contributed by atoms with Gasteiger partial charge in [-0.05, 0) is 54.6 Å². The molecule has 0 aliphatic rings. The first-order valence-electron chi connectivity index (χ1n) is 13.0. The molecule has 0 atom stereocenters. The number of nitrogens with one attached hydrogen (secondary N) is 3. The summed E-state index contributed by atoms with van der Waals surface area (Å²) >= 11 is 0. The predicted molar refractivity (Wildman–Crippen MR) is 162 cm³/mol. The summed E-state index contributed by atoms with van der Waals surface area (Å²) < 4.78 is 0. The largest absolute Gasteiger partial charge is 0.335 e. The molecule has 0 unspecified atom stereocenters. The van der Waals surface area contributed by atoms with E-state index in [-0.39, 0.29) is 12.3 Å². The summed E-state index contributed by atoms with van der Waals surface area (Å²) in [4.78, 5) is 33.4. The Morgan fingerprint density at radius 1 is 1.02 bits per heavy atom. The van der Waals surface area contributed by atoms with Crippen molar-refractivity contribution in [2.45, 2.75) is 13.3 Å². The molecule has 9 nitrogen and oxygen atoms in total. The molecular formula is C32H26N8O. The average Bonchev–Trinajstić information content (AvgIpc) is 3.62. The minimum atomic E-state index is -0.132. The Morgan fingerprint density at radius 2 is 1.90 bits per heavy atom. The van der Waals surface area contributed by atoms with Crippen molar-refractivity contribution < 1.29 is 4.79 Å². The van der Waals surface area contributed by atoms with Gasteiger partial charge in [0.15, 0.2) is 5.82 Å². The van der Waals surface area contributed by atoms with Crippen molar-refractivity contribution >= 4 is 40.1 Å². The first kappa shape index (κ1) is 25.6. The molecule has 4 heterocycles. The number of allylic oxidation sites excluding steroid dienone is 2. The number of carbonyl (C=O) groups is 1. The highest BCUT2D eigenvalue weighted by Gasteiger charge is 2.16. The molecule has 3 N–H and O–H groups in total. The number of benzene rings is 2. The highest BCUT2D eigenvalue weighted by molar-refractivity contribution is 5.97. The van der Waals surface area contributed by atoms with E-state index in [0.717, 1.165) is 49.8 Å². The molecule has 4 aromatic heterocycles. The van der Waals surface area contributed by atoms with Crippen LogP contribution in [0.1, 0.15) is 18.1 Å². The lowest BCUT2D eigenvalue weighted by atomic mass is 10.0. The van der Waals surface area contributed by atoms with Crippen LogP contribution < -0.4 is 5.32 Å². The zero-order valence-corrected chi connectivity index (χ0v) is 22.3. The third-order valence-corrected chi connectivity index (χ3v) is 6.70. The lowest BCUT2D eigenvalue weighted by Crippen LogP contribution is -2.23. The van der Waals surface area contributed by atoms with Crippen LogP contribution in [0.15, 0.2) is 108 Å². The van der Waals surface area contributed by atoms with Gasteiger partial charge in [-0.25, -0.2) is 4.98 Å². The Labute approximate surface area is 235 Å². The van der Waals surface area contributed by atoms with E-state index in [4.69, 9.17) is 4.98 Å². The topological polar surface area (TPSA) is 125 Å². The molecule has 9 heteroatoms. The average molecular weight is 539 g/mol. The Hall–Kier alpha value is -5.70. The highest BCUT2D eigenvalue weighted by Crippen LogP contribution is 2.31. The molecule has 2 aromatic carbocycles. The van der Waals surface area contributed by atoms with Gasteiger partial charge in [0.2, 0.25) is 5.91 Å². The zero-order valence-electron chi connectivity index (χ0n) is 22.3. The number of aromatic amines is 2. The fourth-order valence-corrected chi connectivity index (χ4v) is 4.73. The van der Waals surface area contributed by atoms with Gasteiger partial charge >= 0.3 is 0 Å². The maximum Gasteiger partial charge on any atom is 0.228 e. The van der Waals surface area contributed by atoms with Gasteiger partial charge in [0.05, 0.1) is 29.3 Å². The van der Waals surface area contributed by atoms with Crippen LogP contribution in [0.2, 0.25) is 0 Å². The number of aromatic nitrogens is 6. The number of aliphatic imine (C=N–C) groups is 1. The van der Waals surface area contributed by atoms with E-state index in [1.54, 1.807) is 24.8 Å². The van der Waals surface area contributed by atoms with Crippen LogP contribution in [0, 0.1) is 0 Å². The van der Waals surface area contributed by atoms with Crippen LogP contribution in [-0.2, 0) is 11.2 Å². The van der Waals surface area contributed by atoms with Gasteiger partial charge in [-0.3, -0.25) is 24.9 Å². The van der Waals surface area contributed by atoms with Crippen molar-refractivity contribution in [1.29, 1.82) is 0 Å². The summed E-state index contributed by atoms with van der Waals surface area (Å²) in [5.74, 6) is 0.501. The summed E-state index contributed by atoms with van der Waals surface area (Å²) in [6.07, 6.45) is 10.8. The van der Waals surface area contributed by atoms with Gasteiger partial charge < -0.3 is 10.3 Å². The first-order valence-corrected chi connectivity index (χ1v) is 13.0. The lowest BCUT2D eigenvalue weighted by molar-refractivity contribution is -0.119. The number of pyridine rings is 2. The van der Waals surface area contributed by atoms with Crippen molar-refractivity contribution in [1.82, 2.24) is 35.5 Å². The Kier molecular flexibility index (Phi) is 6.98. The molecule has 0 saturated heterocycles. The number of amides is 1. The van der Waals surface area contributed by atoms with E-state index in [9.17, 15) is 4.79 Å². The molecule has 0 bridgehead atoms. The number of nitrogens with zero attached hydrogens (tertiary/aromatic N) is 5. The normalized spacial score (nSPS) is 12.1. The zero-order chi connectivity index (χ0) is 28.2. The molecular weight excluding hydrogens is 512 g/mol. The maximum absolute atomic E-state index is 12.7. The Balaban J connectivity index is 1.31. The maximum atomic E-state index is 12.7. The van der Waals surface area contributed by atoms with Gasteiger partial charge in [0.25, 0.3) is 0 Å². The lowest BCUT2D eigenvalue weighted by Gasteiger charge is -2.08. The van der Waals surface area contributed by atoms with Crippen LogP contribution in [-0.4, -0.2) is 42.8 Å². The summed E-state index contributed by atoms with van der Waals surface area (Å²) in [6, 6.07) is 19.5. The standard InChI is InChI=1S/C32H26N8O/c1-20(13-24(17-33-2)36-29(41)14-21-7-4-3-5-8-21)22-10-11-27-25(15-22)31(40-39-27)32-37-28-19-35-18-26(30(28)38-32)23-9-6-12-34-16-23/h3-13,15-19H,2,14H2,1H3,(H,36,41)(H,37,38)(H,39,40)/b20-13+,24-17+.